The van der Waals surface area contributed by atoms with Crippen LogP contribution in [-0.2, 0) is 9.47 Å². The molecule has 0 aromatic carbocycles. The lowest BCUT2D eigenvalue weighted by Crippen LogP contribution is -2.32. The van der Waals surface area contributed by atoms with Gasteiger partial charge in [-0.15, -0.1) is 0 Å². The molecular formula is C16H22N6O4. The molecule has 0 fully saturated rings. The minimum atomic E-state index is -0.502. The molecule has 0 amide bonds. The summed E-state index contributed by atoms with van der Waals surface area (Å²) in [6.45, 7) is 3.56. The highest BCUT2D eigenvalue weighted by atomic mass is 16.6. The summed E-state index contributed by atoms with van der Waals surface area (Å²) in [5.74, 6) is 0.744. The van der Waals surface area contributed by atoms with Crippen molar-refractivity contribution in [2.75, 3.05) is 50.7 Å². The van der Waals surface area contributed by atoms with Crippen LogP contribution < -0.4 is 10.2 Å². The molecule has 0 saturated carbocycles. The van der Waals surface area contributed by atoms with E-state index in [0.717, 1.165) is 5.56 Å². The first-order valence-corrected chi connectivity index (χ1v) is 7.98. The highest BCUT2D eigenvalue weighted by molar-refractivity contribution is 5.73. The Bertz CT molecular complexity index is 717. The molecule has 0 aliphatic heterocycles. The van der Waals surface area contributed by atoms with Gasteiger partial charge in [-0.05, 0) is 18.6 Å². The molecule has 140 valence electrons. The number of nitrogens with one attached hydrogen (secondary N) is 1. The van der Waals surface area contributed by atoms with Gasteiger partial charge in [0.1, 0.15) is 12.1 Å². The molecule has 0 radical (unpaired) electrons. The average molecular weight is 362 g/mol. The van der Waals surface area contributed by atoms with Crippen LogP contribution in [0.1, 0.15) is 5.56 Å². The van der Waals surface area contributed by atoms with Gasteiger partial charge in [-0.3, -0.25) is 10.1 Å². The van der Waals surface area contributed by atoms with Crippen molar-refractivity contribution >= 4 is 23.1 Å². The molecule has 1 N–H and O–H groups in total. The van der Waals surface area contributed by atoms with E-state index in [4.69, 9.17) is 9.47 Å². The fraction of sp³-hybridized carbons (Fsp3) is 0.438. The largest absolute Gasteiger partial charge is 0.383 e. The van der Waals surface area contributed by atoms with Gasteiger partial charge in [-0.1, -0.05) is 6.07 Å². The predicted octanol–water partition coefficient (Wildman–Crippen LogP) is 1.93. The Morgan fingerprint density at radius 3 is 2.38 bits per heavy atom. The smallest absolute Gasteiger partial charge is 0.353 e. The quantitative estimate of drug-likeness (QED) is 0.500. The molecular weight excluding hydrogens is 340 g/mol. The first kappa shape index (κ1) is 19.5. The molecule has 2 aromatic heterocycles. The van der Waals surface area contributed by atoms with Crippen molar-refractivity contribution in [3.8, 4) is 0 Å². The van der Waals surface area contributed by atoms with Gasteiger partial charge in [-0.2, -0.15) is 0 Å². The van der Waals surface area contributed by atoms with Gasteiger partial charge in [0.15, 0.2) is 0 Å². The van der Waals surface area contributed by atoms with Crippen molar-refractivity contribution in [3.05, 3.63) is 40.3 Å². The Kier molecular flexibility index (Phi) is 7.18. The molecule has 26 heavy (non-hydrogen) atoms. The topological polar surface area (TPSA) is 116 Å². The lowest BCUT2D eigenvalue weighted by Gasteiger charge is -2.23. The summed E-state index contributed by atoms with van der Waals surface area (Å²) >= 11 is 0. The summed E-state index contributed by atoms with van der Waals surface area (Å²) in [6, 6.07) is 3.58. The van der Waals surface area contributed by atoms with Crippen LogP contribution in [0.4, 0.5) is 23.1 Å². The van der Waals surface area contributed by atoms with Crippen LogP contribution in [0.2, 0.25) is 0 Å². The summed E-state index contributed by atoms with van der Waals surface area (Å²) in [4.78, 5) is 25.3. The number of rotatable bonds is 10. The molecule has 0 aliphatic carbocycles. The zero-order chi connectivity index (χ0) is 18.9. The number of hydrogen-bond acceptors (Lipinski definition) is 9. The van der Waals surface area contributed by atoms with Crippen LogP contribution in [0.5, 0.6) is 0 Å². The second-order valence-electron chi connectivity index (χ2n) is 5.47. The maximum atomic E-state index is 11.7. The van der Waals surface area contributed by atoms with E-state index < -0.39 is 4.92 Å². The molecule has 10 heteroatoms. The molecule has 2 aromatic rings. The lowest BCUT2D eigenvalue weighted by atomic mass is 10.3. The fourth-order valence-electron chi connectivity index (χ4n) is 2.25. The Labute approximate surface area is 151 Å². The van der Waals surface area contributed by atoms with Crippen molar-refractivity contribution in [3.63, 3.8) is 0 Å². The van der Waals surface area contributed by atoms with Crippen LogP contribution >= 0.6 is 0 Å². The molecule has 0 aliphatic rings. The standard InChI is InChI=1S/C16H22N6O4/c1-12-4-5-13(17-10-12)20-15-14(22(23)24)16(19-11-18-15)21(6-8-25-2)7-9-26-3/h4-5,10-11H,6-9H2,1-3H3,(H,17,18,19,20). The molecule has 0 unspecified atom stereocenters. The first-order valence-electron chi connectivity index (χ1n) is 7.98. The van der Waals surface area contributed by atoms with Crippen molar-refractivity contribution in [1.82, 2.24) is 15.0 Å². The number of methoxy groups -OCH3 is 2. The van der Waals surface area contributed by atoms with Crippen molar-refractivity contribution < 1.29 is 14.4 Å². The number of anilines is 3. The van der Waals surface area contributed by atoms with E-state index in [1.807, 2.05) is 13.0 Å². The van der Waals surface area contributed by atoms with Crippen LogP contribution in [-0.4, -0.2) is 60.4 Å². The number of aryl methyl sites for hydroxylation is 1. The summed E-state index contributed by atoms with van der Waals surface area (Å²) in [6.07, 6.45) is 2.95. The average Bonchev–Trinajstić information content (AvgIpc) is 2.63. The minimum Gasteiger partial charge on any atom is -0.383 e. The molecule has 10 nitrogen and oxygen atoms in total. The first-order chi connectivity index (χ1) is 12.6. The minimum absolute atomic E-state index is 0.0798. The third kappa shape index (κ3) is 5.07. The van der Waals surface area contributed by atoms with Crippen LogP contribution in [0.25, 0.3) is 0 Å². The van der Waals surface area contributed by atoms with Gasteiger partial charge in [0.25, 0.3) is 0 Å². The lowest BCUT2D eigenvalue weighted by molar-refractivity contribution is -0.383. The molecule has 0 atom stereocenters. The van der Waals surface area contributed by atoms with Crippen LogP contribution in [0, 0.1) is 17.0 Å². The molecule has 2 heterocycles. The van der Waals surface area contributed by atoms with Crippen molar-refractivity contribution in [1.29, 1.82) is 0 Å². The van der Waals surface area contributed by atoms with Crippen molar-refractivity contribution in [2.24, 2.45) is 0 Å². The summed E-state index contributed by atoms with van der Waals surface area (Å²) < 4.78 is 10.2. The number of aromatic nitrogens is 3. The zero-order valence-corrected chi connectivity index (χ0v) is 15.0. The third-order valence-corrected chi connectivity index (χ3v) is 3.57. The fourth-order valence-corrected chi connectivity index (χ4v) is 2.25. The van der Waals surface area contributed by atoms with Crippen molar-refractivity contribution in [2.45, 2.75) is 6.92 Å². The molecule has 0 bridgehead atoms. The highest BCUT2D eigenvalue weighted by Gasteiger charge is 2.27. The third-order valence-electron chi connectivity index (χ3n) is 3.57. The SMILES string of the molecule is COCCN(CCOC)c1ncnc(Nc2ccc(C)cn2)c1[N+](=O)[O-]. The second kappa shape index (κ2) is 9.59. The summed E-state index contributed by atoms with van der Waals surface area (Å²) in [7, 11) is 3.14. The molecule has 0 spiro atoms. The normalized spacial score (nSPS) is 10.6. The van der Waals surface area contributed by atoms with E-state index in [1.54, 1.807) is 31.4 Å². The van der Waals surface area contributed by atoms with E-state index in [2.05, 4.69) is 20.3 Å². The van der Waals surface area contributed by atoms with Gasteiger partial charge in [0.2, 0.25) is 11.6 Å². The number of hydrogen-bond donors (Lipinski definition) is 1. The summed E-state index contributed by atoms with van der Waals surface area (Å²) in [5.41, 5.74) is 0.765. The second-order valence-corrected chi connectivity index (χ2v) is 5.47. The van der Waals surface area contributed by atoms with E-state index in [-0.39, 0.29) is 17.3 Å². The Hall–Kier alpha value is -2.85. The Morgan fingerprint density at radius 1 is 1.15 bits per heavy atom. The van der Waals surface area contributed by atoms with E-state index in [9.17, 15) is 10.1 Å². The van der Waals surface area contributed by atoms with E-state index in [0.29, 0.717) is 32.1 Å². The van der Waals surface area contributed by atoms with Gasteiger partial charge >= 0.3 is 5.69 Å². The summed E-state index contributed by atoms with van der Waals surface area (Å²) in [5, 5.41) is 14.6. The van der Waals surface area contributed by atoms with Crippen LogP contribution in [0.15, 0.2) is 24.7 Å². The highest BCUT2D eigenvalue weighted by Crippen LogP contribution is 2.33. The van der Waals surface area contributed by atoms with E-state index in [1.165, 1.54) is 6.33 Å². The number of nitrogens with zero attached hydrogens (tertiary/aromatic N) is 5. The van der Waals surface area contributed by atoms with E-state index >= 15 is 0 Å². The monoisotopic (exact) mass is 362 g/mol. The maximum absolute atomic E-state index is 11.7. The number of nitro groups is 1. The van der Waals surface area contributed by atoms with Gasteiger partial charge < -0.3 is 19.7 Å². The molecule has 0 saturated heterocycles. The zero-order valence-electron chi connectivity index (χ0n) is 15.0. The van der Waals surface area contributed by atoms with Gasteiger partial charge in [0.05, 0.1) is 18.1 Å². The Balaban J connectivity index is 2.38. The number of pyridine rings is 1. The van der Waals surface area contributed by atoms with Gasteiger partial charge in [-0.25, -0.2) is 15.0 Å². The predicted molar refractivity (Wildman–Crippen MR) is 96.9 cm³/mol. The van der Waals surface area contributed by atoms with Crippen LogP contribution in [0.3, 0.4) is 0 Å². The number of ether oxygens (including phenoxy) is 2. The maximum Gasteiger partial charge on any atom is 0.353 e. The Morgan fingerprint density at radius 2 is 1.85 bits per heavy atom. The molecule has 2 rings (SSSR count). The van der Waals surface area contributed by atoms with Gasteiger partial charge in [0, 0.05) is 33.5 Å².